The van der Waals surface area contributed by atoms with Crippen molar-refractivity contribution in [3.63, 3.8) is 0 Å². The molecule has 1 aromatic rings. The molecule has 3 rings (SSSR count). The van der Waals surface area contributed by atoms with Crippen molar-refractivity contribution in [2.75, 3.05) is 14.2 Å². The van der Waals surface area contributed by atoms with Gasteiger partial charge in [0, 0.05) is 7.05 Å². The average molecular weight is 260 g/mol. The molecule has 1 amide bonds. The van der Waals surface area contributed by atoms with Gasteiger partial charge in [0.2, 0.25) is 5.91 Å². The molecule has 1 saturated heterocycles. The third-order valence-corrected chi connectivity index (χ3v) is 4.40. The number of amides is 1. The molecule has 0 radical (unpaired) electrons. The van der Waals surface area contributed by atoms with E-state index in [2.05, 4.69) is 5.32 Å². The number of methoxy groups -OCH3 is 1. The van der Waals surface area contributed by atoms with Crippen LogP contribution in [-0.2, 0) is 4.79 Å². The van der Waals surface area contributed by atoms with Crippen LogP contribution >= 0.6 is 0 Å². The zero-order valence-electron chi connectivity index (χ0n) is 11.5. The molecule has 102 valence electrons. The van der Waals surface area contributed by atoms with E-state index in [1.807, 2.05) is 36.2 Å². The average Bonchev–Trinajstić information content (AvgIpc) is 3.01. The predicted octanol–water partition coefficient (Wildman–Crippen LogP) is 2.07. The van der Waals surface area contributed by atoms with Crippen molar-refractivity contribution in [1.82, 2.24) is 10.2 Å². The van der Waals surface area contributed by atoms with Crippen LogP contribution in [0.3, 0.4) is 0 Å². The van der Waals surface area contributed by atoms with Crippen molar-refractivity contribution in [1.29, 1.82) is 0 Å². The van der Waals surface area contributed by atoms with Gasteiger partial charge in [-0.15, -0.1) is 0 Å². The first kappa shape index (κ1) is 12.5. The van der Waals surface area contributed by atoms with Gasteiger partial charge in [0.05, 0.1) is 12.6 Å². The molecule has 1 N–H and O–H groups in total. The van der Waals surface area contributed by atoms with Crippen LogP contribution in [0.15, 0.2) is 24.3 Å². The molecule has 1 aliphatic carbocycles. The molecular weight excluding hydrogens is 240 g/mol. The number of likely N-dealkylation sites (N-methyl/N-ethyl adjacent to an activating group) is 1. The Balaban J connectivity index is 1.91. The zero-order chi connectivity index (χ0) is 13.5. The molecule has 19 heavy (non-hydrogen) atoms. The highest BCUT2D eigenvalue weighted by Gasteiger charge is 2.51. The van der Waals surface area contributed by atoms with E-state index in [0.29, 0.717) is 0 Å². The third kappa shape index (κ3) is 1.91. The van der Waals surface area contributed by atoms with Crippen molar-refractivity contribution in [3.05, 3.63) is 29.8 Å². The first-order valence-corrected chi connectivity index (χ1v) is 6.85. The Morgan fingerprint density at radius 2 is 2.11 bits per heavy atom. The monoisotopic (exact) mass is 260 g/mol. The summed E-state index contributed by atoms with van der Waals surface area (Å²) in [7, 11) is 3.54. The Morgan fingerprint density at radius 3 is 2.79 bits per heavy atom. The van der Waals surface area contributed by atoms with Crippen LogP contribution in [0, 0.1) is 0 Å². The molecule has 2 aliphatic rings. The highest BCUT2D eigenvalue weighted by Crippen LogP contribution is 2.40. The Bertz CT molecular complexity index is 495. The first-order chi connectivity index (χ1) is 9.16. The van der Waals surface area contributed by atoms with E-state index in [1.54, 1.807) is 7.11 Å². The second-order valence-electron chi connectivity index (χ2n) is 5.53. The molecule has 1 atom stereocenters. The minimum absolute atomic E-state index is 0.0410. The van der Waals surface area contributed by atoms with Gasteiger partial charge < -0.3 is 9.64 Å². The van der Waals surface area contributed by atoms with E-state index in [4.69, 9.17) is 4.74 Å². The molecule has 2 fully saturated rings. The van der Waals surface area contributed by atoms with E-state index in [0.717, 1.165) is 37.0 Å². The highest BCUT2D eigenvalue weighted by molar-refractivity contribution is 5.89. The topological polar surface area (TPSA) is 41.6 Å². The van der Waals surface area contributed by atoms with Crippen molar-refractivity contribution < 1.29 is 9.53 Å². The van der Waals surface area contributed by atoms with Crippen LogP contribution < -0.4 is 10.1 Å². The normalized spacial score (nSPS) is 25.3. The van der Waals surface area contributed by atoms with Gasteiger partial charge in [-0.1, -0.05) is 25.0 Å². The van der Waals surface area contributed by atoms with Gasteiger partial charge in [0.1, 0.15) is 11.9 Å². The summed E-state index contributed by atoms with van der Waals surface area (Å²) >= 11 is 0. The molecule has 1 heterocycles. The molecule has 4 heteroatoms. The summed E-state index contributed by atoms with van der Waals surface area (Å²) in [4.78, 5) is 14.3. The van der Waals surface area contributed by atoms with Crippen LogP contribution in [0.5, 0.6) is 5.75 Å². The van der Waals surface area contributed by atoms with Gasteiger partial charge in [-0.3, -0.25) is 10.1 Å². The van der Waals surface area contributed by atoms with Crippen LogP contribution in [-0.4, -0.2) is 30.5 Å². The van der Waals surface area contributed by atoms with Gasteiger partial charge in [-0.05, 0) is 30.5 Å². The van der Waals surface area contributed by atoms with Gasteiger partial charge in [0.15, 0.2) is 0 Å². The fourth-order valence-corrected chi connectivity index (χ4v) is 3.33. The van der Waals surface area contributed by atoms with Gasteiger partial charge in [0.25, 0.3) is 0 Å². The van der Waals surface area contributed by atoms with Crippen LogP contribution in [0.2, 0.25) is 0 Å². The van der Waals surface area contributed by atoms with Crippen molar-refractivity contribution in [3.8, 4) is 5.75 Å². The summed E-state index contributed by atoms with van der Waals surface area (Å²) in [5, 5.41) is 3.55. The number of hydrogen-bond donors (Lipinski definition) is 1. The Hall–Kier alpha value is -1.55. The zero-order valence-corrected chi connectivity index (χ0v) is 11.5. The second kappa shape index (κ2) is 4.53. The quantitative estimate of drug-likeness (QED) is 0.885. The Kier molecular flexibility index (Phi) is 2.97. The molecule has 4 nitrogen and oxygen atoms in total. The van der Waals surface area contributed by atoms with Gasteiger partial charge >= 0.3 is 0 Å². The molecule has 0 unspecified atom stereocenters. The minimum atomic E-state index is -0.317. The van der Waals surface area contributed by atoms with Gasteiger partial charge in [-0.2, -0.15) is 0 Å². The highest BCUT2D eigenvalue weighted by atomic mass is 16.5. The summed E-state index contributed by atoms with van der Waals surface area (Å²) in [6, 6.07) is 7.92. The third-order valence-electron chi connectivity index (χ3n) is 4.40. The van der Waals surface area contributed by atoms with Crippen LogP contribution in [0.1, 0.15) is 37.4 Å². The second-order valence-corrected chi connectivity index (χ2v) is 5.53. The minimum Gasteiger partial charge on any atom is -0.497 e. The van der Waals surface area contributed by atoms with Crippen molar-refractivity contribution in [2.24, 2.45) is 0 Å². The molecule has 1 aromatic carbocycles. The number of carbonyl (C=O) groups is 1. The van der Waals surface area contributed by atoms with Crippen LogP contribution in [0.4, 0.5) is 0 Å². The van der Waals surface area contributed by atoms with E-state index >= 15 is 0 Å². The van der Waals surface area contributed by atoms with E-state index < -0.39 is 0 Å². The summed E-state index contributed by atoms with van der Waals surface area (Å²) in [6.45, 7) is 0. The number of benzene rings is 1. The van der Waals surface area contributed by atoms with Crippen molar-refractivity contribution >= 4 is 5.91 Å². The summed E-state index contributed by atoms with van der Waals surface area (Å²) < 4.78 is 5.26. The molecule has 0 bridgehead atoms. The number of ether oxygens (including phenoxy) is 1. The maximum atomic E-state index is 12.5. The Labute approximate surface area is 113 Å². The Morgan fingerprint density at radius 1 is 1.37 bits per heavy atom. The van der Waals surface area contributed by atoms with E-state index in [-0.39, 0.29) is 17.6 Å². The van der Waals surface area contributed by atoms with Crippen LogP contribution in [0.25, 0.3) is 0 Å². The molecule has 0 aromatic heterocycles. The lowest BCUT2D eigenvalue weighted by Crippen LogP contribution is -2.43. The molecule has 1 saturated carbocycles. The number of hydrogen-bond acceptors (Lipinski definition) is 3. The fraction of sp³-hybridized carbons (Fsp3) is 0.533. The molecule has 1 aliphatic heterocycles. The first-order valence-electron chi connectivity index (χ1n) is 6.85. The fourth-order valence-electron chi connectivity index (χ4n) is 3.33. The summed E-state index contributed by atoms with van der Waals surface area (Å²) in [6.07, 6.45) is 4.14. The standard InChI is InChI=1S/C15H20N2O2/c1-17-13(11-6-5-7-12(10-11)19-2)16-15(14(17)18)8-3-4-9-15/h5-7,10,13,16H,3-4,8-9H2,1-2H3/t13-/m0/s1. The van der Waals surface area contributed by atoms with E-state index in [9.17, 15) is 4.79 Å². The smallest absolute Gasteiger partial charge is 0.244 e. The molecular formula is C15H20N2O2. The molecule has 1 spiro atoms. The SMILES string of the molecule is COc1cccc([C@H]2NC3(CCCC3)C(=O)N2C)c1. The summed E-state index contributed by atoms with van der Waals surface area (Å²) in [5.74, 6) is 1.06. The summed E-state index contributed by atoms with van der Waals surface area (Å²) in [5.41, 5.74) is 0.765. The van der Waals surface area contributed by atoms with Crippen molar-refractivity contribution in [2.45, 2.75) is 37.4 Å². The number of nitrogens with zero attached hydrogens (tertiary/aromatic N) is 1. The number of rotatable bonds is 2. The predicted molar refractivity (Wildman–Crippen MR) is 72.8 cm³/mol. The lowest BCUT2D eigenvalue weighted by Gasteiger charge is -2.21. The number of nitrogens with one attached hydrogen (secondary N) is 1. The lowest BCUT2D eigenvalue weighted by atomic mass is 9.98. The van der Waals surface area contributed by atoms with E-state index in [1.165, 1.54) is 0 Å². The lowest BCUT2D eigenvalue weighted by molar-refractivity contribution is -0.132. The maximum Gasteiger partial charge on any atom is 0.244 e. The largest absolute Gasteiger partial charge is 0.497 e. The maximum absolute atomic E-state index is 12.5. The number of carbonyl (C=O) groups excluding carboxylic acids is 1. The van der Waals surface area contributed by atoms with Gasteiger partial charge in [-0.25, -0.2) is 0 Å².